The van der Waals surface area contributed by atoms with Crippen LogP contribution in [0.5, 0.6) is 0 Å². The van der Waals surface area contributed by atoms with Crippen LogP contribution in [-0.4, -0.2) is 53.7 Å². The molecule has 130 valence electrons. The van der Waals surface area contributed by atoms with Gasteiger partial charge in [-0.15, -0.1) is 0 Å². The van der Waals surface area contributed by atoms with E-state index in [1.54, 1.807) is 6.07 Å². The van der Waals surface area contributed by atoms with Gasteiger partial charge >= 0.3 is 0 Å². The number of aliphatic hydroxyl groups excluding tert-OH is 1. The zero-order valence-electron chi connectivity index (χ0n) is 14.4. The number of hydrogen-bond donors (Lipinski definition) is 1. The maximum atomic E-state index is 13.2. The van der Waals surface area contributed by atoms with Crippen molar-refractivity contribution in [2.24, 2.45) is 5.41 Å². The van der Waals surface area contributed by atoms with Crippen molar-refractivity contribution in [1.82, 2.24) is 9.80 Å². The predicted molar refractivity (Wildman–Crippen MR) is 93.2 cm³/mol. The first-order valence-corrected chi connectivity index (χ1v) is 8.67. The summed E-state index contributed by atoms with van der Waals surface area (Å²) in [6.07, 6.45) is 0.781. The molecule has 1 unspecified atom stereocenters. The molecule has 5 heteroatoms. The first kappa shape index (κ1) is 18.7. The molecule has 1 N–H and O–H groups in total. The van der Waals surface area contributed by atoms with Gasteiger partial charge in [0, 0.05) is 50.4 Å². The highest BCUT2D eigenvalue weighted by Gasteiger charge is 2.29. The lowest BCUT2D eigenvalue weighted by Crippen LogP contribution is -2.54. The van der Waals surface area contributed by atoms with E-state index >= 15 is 0 Å². The Kier molecular flexibility index (Phi) is 6.43. The van der Waals surface area contributed by atoms with Crippen molar-refractivity contribution in [1.29, 1.82) is 0 Å². The fraction of sp³-hybridized carbons (Fsp3) is 0.667. The Labute approximate surface area is 144 Å². The monoisotopic (exact) mass is 342 g/mol. The number of aliphatic hydroxyl groups is 1. The van der Waals surface area contributed by atoms with Crippen LogP contribution in [-0.2, 0) is 6.54 Å². The number of hydrogen-bond acceptors (Lipinski definition) is 3. The van der Waals surface area contributed by atoms with E-state index in [1.807, 2.05) is 0 Å². The third-order valence-corrected chi connectivity index (χ3v) is 4.59. The second-order valence-electron chi connectivity index (χ2n) is 7.67. The van der Waals surface area contributed by atoms with Crippen LogP contribution in [0.2, 0.25) is 5.02 Å². The smallest absolute Gasteiger partial charge is 0.124 e. The second kappa shape index (κ2) is 7.93. The summed E-state index contributed by atoms with van der Waals surface area (Å²) in [5.74, 6) is -0.299. The SMILES string of the molecule is CC(C)(C)CN1CCN(Cc2ccc(F)cc2Cl)CC1CCO. The Morgan fingerprint density at radius 3 is 2.65 bits per heavy atom. The van der Waals surface area contributed by atoms with Gasteiger partial charge < -0.3 is 5.11 Å². The third-order valence-electron chi connectivity index (χ3n) is 4.24. The van der Waals surface area contributed by atoms with E-state index in [4.69, 9.17) is 11.6 Å². The number of benzene rings is 1. The van der Waals surface area contributed by atoms with E-state index in [0.717, 1.165) is 44.7 Å². The topological polar surface area (TPSA) is 26.7 Å². The fourth-order valence-corrected chi connectivity index (χ4v) is 3.46. The summed E-state index contributed by atoms with van der Waals surface area (Å²) in [4.78, 5) is 4.83. The molecule has 0 aliphatic carbocycles. The minimum atomic E-state index is -0.299. The Morgan fingerprint density at radius 2 is 2.04 bits per heavy atom. The quantitative estimate of drug-likeness (QED) is 0.888. The predicted octanol–water partition coefficient (Wildman–Crippen LogP) is 3.39. The highest BCUT2D eigenvalue weighted by Crippen LogP contribution is 2.24. The summed E-state index contributed by atoms with van der Waals surface area (Å²) >= 11 is 6.15. The normalized spacial score (nSPS) is 20.9. The van der Waals surface area contributed by atoms with Gasteiger partial charge in [0.25, 0.3) is 0 Å². The largest absolute Gasteiger partial charge is 0.396 e. The molecule has 1 aromatic rings. The first-order chi connectivity index (χ1) is 10.8. The van der Waals surface area contributed by atoms with Crippen molar-refractivity contribution in [3.8, 4) is 0 Å². The minimum Gasteiger partial charge on any atom is -0.396 e. The van der Waals surface area contributed by atoms with Crippen LogP contribution in [0.1, 0.15) is 32.8 Å². The van der Waals surface area contributed by atoms with Crippen molar-refractivity contribution < 1.29 is 9.50 Å². The lowest BCUT2D eigenvalue weighted by Gasteiger charge is -2.44. The molecule has 1 aliphatic rings. The summed E-state index contributed by atoms with van der Waals surface area (Å²) in [6, 6.07) is 4.95. The highest BCUT2D eigenvalue weighted by molar-refractivity contribution is 6.31. The standard InChI is InChI=1S/C18H28ClFN2O/c1-18(2,3)13-22-8-7-21(12-16(22)6-9-23)11-14-4-5-15(20)10-17(14)19/h4-5,10,16,23H,6-9,11-13H2,1-3H3. The maximum absolute atomic E-state index is 13.2. The van der Waals surface area contributed by atoms with Crippen LogP contribution >= 0.6 is 11.6 Å². The molecule has 0 saturated carbocycles. The maximum Gasteiger partial charge on any atom is 0.124 e. The molecule has 0 amide bonds. The summed E-state index contributed by atoms with van der Waals surface area (Å²) in [7, 11) is 0. The molecule has 1 saturated heterocycles. The van der Waals surface area contributed by atoms with Crippen molar-refractivity contribution in [3.05, 3.63) is 34.6 Å². The molecule has 0 bridgehead atoms. The van der Waals surface area contributed by atoms with Crippen LogP contribution in [0.25, 0.3) is 0 Å². The molecule has 1 aromatic carbocycles. The summed E-state index contributed by atoms with van der Waals surface area (Å²) in [6.45, 7) is 11.6. The van der Waals surface area contributed by atoms with E-state index in [0.29, 0.717) is 11.1 Å². The lowest BCUT2D eigenvalue weighted by atomic mass is 9.94. The average molecular weight is 343 g/mol. The molecule has 0 spiro atoms. The van der Waals surface area contributed by atoms with E-state index in [-0.39, 0.29) is 17.8 Å². The van der Waals surface area contributed by atoms with Crippen molar-refractivity contribution in [3.63, 3.8) is 0 Å². The molecule has 23 heavy (non-hydrogen) atoms. The zero-order valence-corrected chi connectivity index (χ0v) is 15.1. The van der Waals surface area contributed by atoms with Gasteiger partial charge in [-0.05, 0) is 29.5 Å². The van der Waals surface area contributed by atoms with Gasteiger partial charge in [0.05, 0.1) is 0 Å². The van der Waals surface area contributed by atoms with Crippen LogP contribution in [0.3, 0.4) is 0 Å². The number of nitrogens with zero attached hydrogens (tertiary/aromatic N) is 2. The number of halogens is 2. The van der Waals surface area contributed by atoms with Crippen molar-refractivity contribution >= 4 is 11.6 Å². The van der Waals surface area contributed by atoms with Gasteiger partial charge in [0.1, 0.15) is 5.82 Å². The summed E-state index contributed by atoms with van der Waals surface area (Å²) in [5, 5.41) is 9.86. The Hall–Kier alpha value is -0.680. The molecule has 0 aromatic heterocycles. The van der Waals surface area contributed by atoms with E-state index < -0.39 is 0 Å². The molecule has 3 nitrogen and oxygen atoms in total. The van der Waals surface area contributed by atoms with Gasteiger partial charge in [-0.25, -0.2) is 4.39 Å². The third kappa shape index (κ3) is 5.71. The molecule has 2 rings (SSSR count). The van der Waals surface area contributed by atoms with Crippen LogP contribution < -0.4 is 0 Å². The molecular weight excluding hydrogens is 315 g/mol. The zero-order chi connectivity index (χ0) is 17.0. The lowest BCUT2D eigenvalue weighted by molar-refractivity contribution is 0.0340. The molecule has 1 aliphatic heterocycles. The van der Waals surface area contributed by atoms with E-state index in [9.17, 15) is 9.50 Å². The van der Waals surface area contributed by atoms with Gasteiger partial charge in [0.15, 0.2) is 0 Å². The fourth-order valence-electron chi connectivity index (χ4n) is 3.23. The van der Waals surface area contributed by atoms with Gasteiger partial charge in [-0.2, -0.15) is 0 Å². The summed E-state index contributed by atoms with van der Waals surface area (Å²) < 4.78 is 13.2. The Balaban J connectivity index is 2.00. The van der Waals surface area contributed by atoms with Crippen molar-refractivity contribution in [2.75, 3.05) is 32.8 Å². The second-order valence-corrected chi connectivity index (χ2v) is 8.08. The molecule has 1 fully saturated rings. The molecule has 0 radical (unpaired) electrons. The Morgan fingerprint density at radius 1 is 1.30 bits per heavy atom. The van der Waals surface area contributed by atoms with E-state index in [1.165, 1.54) is 12.1 Å². The van der Waals surface area contributed by atoms with E-state index in [2.05, 4.69) is 30.6 Å². The number of rotatable bonds is 5. The molecule has 1 atom stereocenters. The number of piperazine rings is 1. The minimum absolute atomic E-state index is 0.205. The Bertz CT molecular complexity index is 518. The van der Waals surface area contributed by atoms with Gasteiger partial charge in [-0.1, -0.05) is 38.4 Å². The van der Waals surface area contributed by atoms with Gasteiger partial charge in [0.2, 0.25) is 0 Å². The first-order valence-electron chi connectivity index (χ1n) is 8.30. The van der Waals surface area contributed by atoms with Crippen LogP contribution in [0, 0.1) is 11.2 Å². The summed E-state index contributed by atoms with van der Waals surface area (Å²) in [5.41, 5.74) is 1.20. The van der Waals surface area contributed by atoms with Crippen LogP contribution in [0.15, 0.2) is 18.2 Å². The molecular formula is C18H28ClFN2O. The van der Waals surface area contributed by atoms with Crippen molar-refractivity contribution in [2.45, 2.75) is 39.8 Å². The van der Waals surface area contributed by atoms with Crippen LogP contribution in [0.4, 0.5) is 4.39 Å². The highest BCUT2D eigenvalue weighted by atomic mass is 35.5. The average Bonchev–Trinajstić information content (AvgIpc) is 2.43. The van der Waals surface area contributed by atoms with Gasteiger partial charge in [-0.3, -0.25) is 9.80 Å². The molecule has 1 heterocycles.